The van der Waals surface area contributed by atoms with Gasteiger partial charge in [-0.15, -0.1) is 0 Å². The molecule has 0 bridgehead atoms. The number of rotatable bonds is 8. The summed E-state index contributed by atoms with van der Waals surface area (Å²) in [4.78, 5) is 29.8. The first-order valence-electron chi connectivity index (χ1n) is 10.7. The van der Waals surface area contributed by atoms with Gasteiger partial charge in [-0.05, 0) is 17.2 Å². The van der Waals surface area contributed by atoms with Crippen LogP contribution in [0, 0.1) is 0 Å². The summed E-state index contributed by atoms with van der Waals surface area (Å²) in [6, 6.07) is 27.4. The van der Waals surface area contributed by atoms with Gasteiger partial charge in [-0.1, -0.05) is 84.9 Å². The number of nitrogens with zero attached hydrogens (tertiary/aromatic N) is 1. The van der Waals surface area contributed by atoms with Gasteiger partial charge >= 0.3 is 12.1 Å². The summed E-state index contributed by atoms with van der Waals surface area (Å²) in [5.74, 6) is -0.538. The van der Waals surface area contributed by atoms with Crippen molar-refractivity contribution in [2.75, 3.05) is 0 Å². The molecule has 0 aliphatic carbocycles. The van der Waals surface area contributed by atoms with E-state index in [0.29, 0.717) is 0 Å². The summed E-state index contributed by atoms with van der Waals surface area (Å²) in [6.45, 7) is 0.167. The second-order valence-electron chi connectivity index (χ2n) is 7.55. The van der Waals surface area contributed by atoms with Crippen molar-refractivity contribution in [3.63, 3.8) is 0 Å². The number of carbonyl (C=O) groups is 2. The number of nitrogens with one attached hydrogen (secondary N) is 1. The minimum absolute atomic E-state index is 0.0548. The van der Waals surface area contributed by atoms with Crippen LogP contribution in [0.1, 0.15) is 16.7 Å². The third-order valence-electron chi connectivity index (χ3n) is 5.16. The monoisotopic (exact) mass is 440 g/mol. The van der Waals surface area contributed by atoms with Crippen LogP contribution in [0.3, 0.4) is 0 Å². The number of hydrogen-bond acceptors (Lipinski definition) is 5. The number of para-hydroxylation sites is 1. The topological polar surface area (TPSA) is 77.5 Å². The Bertz CT molecular complexity index is 1210. The number of aromatic nitrogens is 1. The predicted molar refractivity (Wildman–Crippen MR) is 125 cm³/mol. The van der Waals surface area contributed by atoms with Gasteiger partial charge in [-0.2, -0.15) is 0 Å². The lowest BCUT2D eigenvalue weighted by molar-refractivity contribution is -0.147. The van der Waals surface area contributed by atoms with Crippen molar-refractivity contribution in [1.82, 2.24) is 10.3 Å². The van der Waals surface area contributed by atoms with Crippen LogP contribution in [0.5, 0.6) is 0 Å². The largest absolute Gasteiger partial charge is 0.459 e. The molecule has 0 spiro atoms. The quantitative estimate of drug-likeness (QED) is 0.398. The van der Waals surface area contributed by atoms with Crippen molar-refractivity contribution in [1.29, 1.82) is 0 Å². The Morgan fingerprint density at radius 2 is 1.45 bits per heavy atom. The Kier molecular flexibility index (Phi) is 7.28. The summed E-state index contributed by atoms with van der Waals surface area (Å²) < 4.78 is 10.9. The van der Waals surface area contributed by atoms with Crippen molar-refractivity contribution >= 4 is 23.0 Å². The fourth-order valence-electron chi connectivity index (χ4n) is 3.48. The third kappa shape index (κ3) is 6.17. The van der Waals surface area contributed by atoms with Crippen molar-refractivity contribution in [2.45, 2.75) is 25.7 Å². The highest BCUT2D eigenvalue weighted by Gasteiger charge is 2.24. The molecule has 1 aromatic heterocycles. The van der Waals surface area contributed by atoms with Gasteiger partial charge in [0.15, 0.2) is 0 Å². The molecule has 1 atom stereocenters. The number of fused-ring (bicyclic) bond motifs is 1. The van der Waals surface area contributed by atoms with Gasteiger partial charge in [0.05, 0.1) is 5.52 Å². The maximum Gasteiger partial charge on any atom is 0.408 e. The van der Waals surface area contributed by atoms with Crippen molar-refractivity contribution in [3.05, 3.63) is 114 Å². The lowest BCUT2D eigenvalue weighted by atomic mass is 10.1. The van der Waals surface area contributed by atoms with Crippen molar-refractivity contribution in [3.8, 4) is 0 Å². The molecular weight excluding hydrogens is 416 g/mol. The Morgan fingerprint density at radius 3 is 2.21 bits per heavy atom. The molecule has 0 aliphatic heterocycles. The average Bonchev–Trinajstić information content (AvgIpc) is 2.87. The minimum Gasteiger partial charge on any atom is -0.459 e. The van der Waals surface area contributed by atoms with Crippen LogP contribution in [0.15, 0.2) is 97.2 Å². The number of ether oxygens (including phenoxy) is 2. The number of carbonyl (C=O) groups excluding carboxylic acids is 2. The van der Waals surface area contributed by atoms with Crippen molar-refractivity contribution < 1.29 is 19.1 Å². The first-order valence-corrected chi connectivity index (χ1v) is 10.7. The number of esters is 1. The normalized spacial score (nSPS) is 11.5. The molecule has 4 aromatic rings. The highest BCUT2D eigenvalue weighted by molar-refractivity contribution is 5.83. The summed E-state index contributed by atoms with van der Waals surface area (Å²) >= 11 is 0. The standard InChI is InChI=1S/C27H24N2O4/c30-26(32-19-23-14-7-13-22-15-8-16-28-25(22)23)24(17-20-9-3-1-4-10-20)29-27(31)33-18-21-11-5-2-6-12-21/h1-16,24H,17-19H2,(H,29,31)/t24-/m0/s1. The van der Waals surface area contributed by atoms with E-state index in [4.69, 9.17) is 9.47 Å². The zero-order chi connectivity index (χ0) is 22.9. The Balaban J connectivity index is 1.42. The number of pyridine rings is 1. The van der Waals surface area contributed by atoms with Crippen LogP contribution in [0.4, 0.5) is 4.79 Å². The molecule has 6 heteroatoms. The molecule has 0 saturated carbocycles. The molecule has 166 valence electrons. The molecule has 6 nitrogen and oxygen atoms in total. The molecule has 1 N–H and O–H groups in total. The highest BCUT2D eigenvalue weighted by Crippen LogP contribution is 2.17. The maximum absolute atomic E-state index is 13.0. The highest BCUT2D eigenvalue weighted by atomic mass is 16.6. The smallest absolute Gasteiger partial charge is 0.408 e. The van der Waals surface area contributed by atoms with E-state index < -0.39 is 18.1 Å². The van der Waals surface area contributed by atoms with E-state index in [1.807, 2.05) is 91.0 Å². The molecule has 0 unspecified atom stereocenters. The Labute approximate surface area is 192 Å². The van der Waals surface area contributed by atoms with E-state index >= 15 is 0 Å². The minimum atomic E-state index is -0.890. The van der Waals surface area contributed by atoms with E-state index in [2.05, 4.69) is 10.3 Å². The predicted octanol–water partition coefficient (Wildman–Crippen LogP) is 4.82. The van der Waals surface area contributed by atoms with Crippen LogP contribution < -0.4 is 5.32 Å². The molecule has 0 fully saturated rings. The molecular formula is C27H24N2O4. The van der Waals surface area contributed by atoms with E-state index in [0.717, 1.165) is 27.6 Å². The van der Waals surface area contributed by atoms with Gasteiger partial charge in [-0.3, -0.25) is 4.98 Å². The lowest BCUT2D eigenvalue weighted by Crippen LogP contribution is -2.43. The first-order chi connectivity index (χ1) is 16.2. The summed E-state index contributed by atoms with van der Waals surface area (Å²) in [5.41, 5.74) is 3.34. The zero-order valence-electron chi connectivity index (χ0n) is 18.0. The van der Waals surface area contributed by atoms with Crippen LogP contribution in [-0.4, -0.2) is 23.1 Å². The molecule has 1 heterocycles. The van der Waals surface area contributed by atoms with Gasteiger partial charge in [0.1, 0.15) is 19.3 Å². The van der Waals surface area contributed by atoms with E-state index in [9.17, 15) is 9.59 Å². The second-order valence-corrected chi connectivity index (χ2v) is 7.55. The molecule has 33 heavy (non-hydrogen) atoms. The number of amides is 1. The summed E-state index contributed by atoms with van der Waals surface area (Å²) in [5, 5.41) is 3.62. The SMILES string of the molecule is O=C(N[C@@H](Cc1ccccc1)C(=O)OCc1cccc2cccnc12)OCc1ccccc1. The van der Waals surface area contributed by atoms with Gasteiger partial charge in [0, 0.05) is 23.6 Å². The summed E-state index contributed by atoms with van der Waals surface area (Å²) in [6.07, 6.45) is 1.31. The molecule has 3 aromatic carbocycles. The van der Waals surface area contributed by atoms with E-state index in [1.165, 1.54) is 0 Å². The third-order valence-corrected chi connectivity index (χ3v) is 5.16. The Morgan fingerprint density at radius 1 is 0.758 bits per heavy atom. The van der Waals surface area contributed by atoms with Gasteiger partial charge in [-0.25, -0.2) is 9.59 Å². The molecule has 0 aliphatic rings. The zero-order valence-corrected chi connectivity index (χ0v) is 18.0. The summed E-state index contributed by atoms with van der Waals surface area (Å²) in [7, 11) is 0. The number of hydrogen-bond donors (Lipinski definition) is 1. The molecule has 0 radical (unpaired) electrons. The van der Waals surface area contributed by atoms with Gasteiger partial charge in [0.25, 0.3) is 0 Å². The molecule has 4 rings (SSSR count). The molecule has 0 saturated heterocycles. The fourth-order valence-corrected chi connectivity index (χ4v) is 3.48. The average molecular weight is 440 g/mol. The van der Waals surface area contributed by atoms with Crippen LogP contribution in [-0.2, 0) is 33.9 Å². The molecule has 1 amide bonds. The number of alkyl carbamates (subject to hydrolysis) is 1. The van der Waals surface area contributed by atoms with Crippen LogP contribution >= 0.6 is 0 Å². The number of benzene rings is 3. The van der Waals surface area contributed by atoms with Crippen molar-refractivity contribution in [2.24, 2.45) is 0 Å². The van der Waals surface area contributed by atoms with Gasteiger partial charge < -0.3 is 14.8 Å². The van der Waals surface area contributed by atoms with E-state index in [1.54, 1.807) is 6.20 Å². The van der Waals surface area contributed by atoms with E-state index in [-0.39, 0.29) is 19.6 Å². The van der Waals surface area contributed by atoms with Gasteiger partial charge in [0.2, 0.25) is 0 Å². The lowest BCUT2D eigenvalue weighted by Gasteiger charge is -2.18. The van der Waals surface area contributed by atoms with Crippen LogP contribution in [0.2, 0.25) is 0 Å². The first kappa shape index (κ1) is 22.0. The Hall–Kier alpha value is -4.19. The van der Waals surface area contributed by atoms with Crippen LogP contribution in [0.25, 0.3) is 10.9 Å². The maximum atomic E-state index is 13.0. The fraction of sp³-hybridized carbons (Fsp3) is 0.148. The second kappa shape index (κ2) is 10.9.